The molecule has 1 atom stereocenters. The number of allylic oxidation sites excluding steroid dienone is 8. The number of ether oxygens (including phenoxy) is 2. The molecule has 0 aliphatic carbocycles. The van der Waals surface area contributed by atoms with Gasteiger partial charge in [0.05, 0.1) is 6.61 Å². The third-order valence-electron chi connectivity index (χ3n) is 15.9. The van der Waals surface area contributed by atoms with Crippen molar-refractivity contribution in [3.8, 4) is 0 Å². The van der Waals surface area contributed by atoms with E-state index in [9.17, 15) is 14.7 Å². The second kappa shape index (κ2) is 68.1. The van der Waals surface area contributed by atoms with Crippen LogP contribution in [-0.2, 0) is 19.1 Å². The lowest BCUT2D eigenvalue weighted by Crippen LogP contribution is -2.28. The zero-order chi connectivity index (χ0) is 55.5. The van der Waals surface area contributed by atoms with Crippen LogP contribution in [0.4, 0.5) is 0 Å². The summed E-state index contributed by atoms with van der Waals surface area (Å²) >= 11 is 0. The van der Waals surface area contributed by atoms with Crippen molar-refractivity contribution in [2.75, 3.05) is 13.2 Å². The van der Waals surface area contributed by atoms with Gasteiger partial charge in [-0.1, -0.05) is 364 Å². The molecule has 0 amide bonds. The van der Waals surface area contributed by atoms with E-state index >= 15 is 0 Å². The normalized spacial score (nSPS) is 12.4. The van der Waals surface area contributed by atoms with E-state index in [1.54, 1.807) is 0 Å². The number of aliphatic hydroxyl groups is 1. The van der Waals surface area contributed by atoms with Crippen LogP contribution in [0.5, 0.6) is 0 Å². The van der Waals surface area contributed by atoms with Gasteiger partial charge in [-0.25, -0.2) is 0 Å². The summed E-state index contributed by atoms with van der Waals surface area (Å²) in [7, 11) is 0. The first-order chi connectivity index (χ1) is 38.1. The molecule has 1 unspecified atom stereocenters. The summed E-state index contributed by atoms with van der Waals surface area (Å²) in [5, 5.41) is 9.69. The number of carbonyl (C=O) groups is 2. The third kappa shape index (κ3) is 66.3. The quantitative estimate of drug-likeness (QED) is 0.0373. The van der Waals surface area contributed by atoms with E-state index in [1.807, 2.05) is 0 Å². The molecule has 0 bridgehead atoms. The van der Waals surface area contributed by atoms with E-state index in [4.69, 9.17) is 9.47 Å². The maximum Gasteiger partial charge on any atom is 0.306 e. The Labute approximate surface area is 481 Å². The monoisotopic (exact) mass is 1080 g/mol. The topological polar surface area (TPSA) is 72.8 Å². The van der Waals surface area contributed by atoms with Gasteiger partial charge in [0.15, 0.2) is 6.10 Å². The Balaban J connectivity index is 3.37. The van der Waals surface area contributed by atoms with E-state index in [-0.39, 0.29) is 25.2 Å². The molecule has 0 spiro atoms. The predicted octanol–water partition coefficient (Wildman–Crippen LogP) is 23.9. The fourth-order valence-electron chi connectivity index (χ4n) is 10.7. The van der Waals surface area contributed by atoms with Crippen LogP contribution in [0.1, 0.15) is 380 Å². The molecule has 0 aromatic heterocycles. The summed E-state index contributed by atoms with van der Waals surface area (Å²) in [4.78, 5) is 24.6. The molecule has 0 rings (SSSR count). The Kier molecular flexibility index (Phi) is 66.2. The molecule has 5 heteroatoms. The zero-order valence-corrected chi connectivity index (χ0v) is 52.0. The molecule has 0 fully saturated rings. The zero-order valence-electron chi connectivity index (χ0n) is 52.0. The van der Waals surface area contributed by atoms with Crippen LogP contribution in [0.15, 0.2) is 48.6 Å². The minimum Gasteiger partial charge on any atom is -0.462 e. The maximum absolute atomic E-state index is 12.3. The van der Waals surface area contributed by atoms with E-state index in [1.165, 1.54) is 295 Å². The molecule has 0 aliphatic rings. The van der Waals surface area contributed by atoms with Gasteiger partial charge in [0, 0.05) is 12.8 Å². The molecular formula is C72H134O5. The van der Waals surface area contributed by atoms with Crippen LogP contribution in [-0.4, -0.2) is 36.4 Å². The number of aliphatic hydroxyl groups excluding tert-OH is 1. The first-order valence-electron chi connectivity index (χ1n) is 34.7. The van der Waals surface area contributed by atoms with Gasteiger partial charge in [-0.2, -0.15) is 0 Å². The smallest absolute Gasteiger partial charge is 0.306 e. The number of hydrogen-bond acceptors (Lipinski definition) is 5. The Morgan fingerprint density at radius 1 is 0.312 bits per heavy atom. The van der Waals surface area contributed by atoms with Gasteiger partial charge in [-0.15, -0.1) is 0 Å². The van der Waals surface area contributed by atoms with Gasteiger partial charge in [0.1, 0.15) is 6.61 Å². The minimum atomic E-state index is -0.774. The Morgan fingerprint density at radius 3 is 0.844 bits per heavy atom. The van der Waals surface area contributed by atoms with E-state index in [0.29, 0.717) is 12.8 Å². The molecule has 0 heterocycles. The standard InChI is InChI=1S/C72H134O5/c1-3-5-7-9-11-13-15-17-19-21-23-25-27-29-30-31-32-33-34-35-36-37-38-39-40-41-43-44-46-48-50-52-54-56-58-60-62-64-66-71(74)76-69-70(68-73)77-72(75)67-65-63-61-59-57-55-53-51-49-47-45-42-28-26-24-22-20-18-16-14-12-10-8-6-4-2/h6,8,12,14,18,20,24,26,70,73H,3-5,7,9-11,13,15-17,19,21-23,25,27-69H2,1-2H3/b8-6-,14-12-,20-18-,26-24-. The van der Waals surface area contributed by atoms with Crippen LogP contribution in [0.2, 0.25) is 0 Å². The Hall–Kier alpha value is -2.14. The van der Waals surface area contributed by atoms with Gasteiger partial charge < -0.3 is 14.6 Å². The molecule has 452 valence electrons. The van der Waals surface area contributed by atoms with E-state index in [0.717, 1.165) is 57.8 Å². The van der Waals surface area contributed by atoms with Crippen LogP contribution >= 0.6 is 0 Å². The Morgan fingerprint density at radius 2 is 0.558 bits per heavy atom. The van der Waals surface area contributed by atoms with Crippen molar-refractivity contribution in [2.45, 2.75) is 386 Å². The number of hydrogen-bond donors (Lipinski definition) is 1. The second-order valence-corrected chi connectivity index (χ2v) is 23.6. The predicted molar refractivity (Wildman–Crippen MR) is 339 cm³/mol. The molecular weight excluding hydrogens is 945 g/mol. The minimum absolute atomic E-state index is 0.0627. The first-order valence-corrected chi connectivity index (χ1v) is 34.7. The highest BCUT2D eigenvalue weighted by Crippen LogP contribution is 2.19. The molecule has 0 aliphatic heterocycles. The highest BCUT2D eigenvalue weighted by molar-refractivity contribution is 5.70. The van der Waals surface area contributed by atoms with E-state index in [2.05, 4.69) is 62.5 Å². The lowest BCUT2D eigenvalue weighted by atomic mass is 10.0. The van der Waals surface area contributed by atoms with E-state index < -0.39 is 6.10 Å². The van der Waals surface area contributed by atoms with Gasteiger partial charge in [-0.05, 0) is 51.4 Å². The van der Waals surface area contributed by atoms with Crippen LogP contribution in [0.3, 0.4) is 0 Å². The second-order valence-electron chi connectivity index (χ2n) is 23.6. The fraction of sp³-hybridized carbons (Fsp3) is 0.861. The summed E-state index contributed by atoms with van der Waals surface area (Å²) in [6.45, 7) is 4.08. The van der Waals surface area contributed by atoms with Crippen molar-refractivity contribution in [1.29, 1.82) is 0 Å². The lowest BCUT2D eigenvalue weighted by molar-refractivity contribution is -0.161. The highest BCUT2D eigenvalue weighted by Gasteiger charge is 2.16. The first kappa shape index (κ1) is 74.9. The third-order valence-corrected chi connectivity index (χ3v) is 15.9. The maximum atomic E-state index is 12.3. The van der Waals surface area contributed by atoms with Crippen molar-refractivity contribution < 1.29 is 24.2 Å². The van der Waals surface area contributed by atoms with Crippen molar-refractivity contribution in [3.63, 3.8) is 0 Å². The average molecular weight is 1080 g/mol. The molecule has 0 saturated heterocycles. The highest BCUT2D eigenvalue weighted by atomic mass is 16.6. The molecule has 5 nitrogen and oxygen atoms in total. The number of esters is 2. The van der Waals surface area contributed by atoms with Gasteiger partial charge in [0.2, 0.25) is 0 Å². The van der Waals surface area contributed by atoms with Gasteiger partial charge in [0.25, 0.3) is 0 Å². The number of carbonyl (C=O) groups excluding carboxylic acids is 2. The van der Waals surface area contributed by atoms with Gasteiger partial charge >= 0.3 is 11.9 Å². The van der Waals surface area contributed by atoms with Crippen molar-refractivity contribution >= 4 is 11.9 Å². The molecule has 0 aromatic rings. The average Bonchev–Trinajstić information content (AvgIpc) is 3.43. The summed E-state index contributed by atoms with van der Waals surface area (Å²) in [5.74, 6) is -0.574. The molecule has 0 radical (unpaired) electrons. The molecule has 77 heavy (non-hydrogen) atoms. The van der Waals surface area contributed by atoms with Crippen molar-refractivity contribution in [3.05, 3.63) is 48.6 Å². The summed E-state index contributed by atoms with van der Waals surface area (Å²) in [6, 6.07) is 0. The van der Waals surface area contributed by atoms with Gasteiger partial charge in [-0.3, -0.25) is 9.59 Å². The number of unbranched alkanes of at least 4 members (excludes halogenated alkanes) is 49. The van der Waals surface area contributed by atoms with Crippen molar-refractivity contribution in [1.82, 2.24) is 0 Å². The molecule has 0 saturated carbocycles. The van der Waals surface area contributed by atoms with Crippen molar-refractivity contribution in [2.24, 2.45) is 0 Å². The summed E-state index contributed by atoms with van der Waals surface area (Å²) in [6.07, 6.45) is 91.6. The van der Waals surface area contributed by atoms with Crippen LogP contribution < -0.4 is 0 Å². The van der Waals surface area contributed by atoms with Crippen LogP contribution in [0.25, 0.3) is 0 Å². The molecule has 0 aromatic carbocycles. The lowest BCUT2D eigenvalue weighted by Gasteiger charge is -2.15. The summed E-state index contributed by atoms with van der Waals surface area (Å²) < 4.78 is 10.8. The summed E-state index contributed by atoms with van der Waals surface area (Å²) in [5.41, 5.74) is 0. The fourth-order valence-corrected chi connectivity index (χ4v) is 10.7. The molecule has 1 N–H and O–H groups in total. The van der Waals surface area contributed by atoms with Crippen LogP contribution in [0, 0.1) is 0 Å². The largest absolute Gasteiger partial charge is 0.462 e. The Bertz CT molecular complexity index is 1270. The SMILES string of the molecule is CC/C=C\C/C=C\C/C=C\C/C=C\CCCCCCCCCCCCCCC(=O)OC(CO)COC(=O)CCCCCCCCCCCCCCCCCCCCCCCCCCCCCCCCCCCCCCCC. The number of rotatable bonds is 65.